The molecule has 7 nitrogen and oxygen atoms in total. The highest BCUT2D eigenvalue weighted by Crippen LogP contribution is 2.27. The van der Waals surface area contributed by atoms with Crippen molar-refractivity contribution in [2.24, 2.45) is 0 Å². The van der Waals surface area contributed by atoms with Crippen LogP contribution >= 0.6 is 11.6 Å². The van der Waals surface area contributed by atoms with E-state index in [1.165, 1.54) is 26.2 Å². The first-order valence-corrected chi connectivity index (χ1v) is 10.5. The SMILES string of the molecule is COC(=O)c1cccc(NC(=O)[C@H](C)N(c2ccc(C)c(Cl)c2)S(C)(=O)=O)c1. The lowest BCUT2D eigenvalue weighted by Gasteiger charge is -2.28. The molecule has 0 unspecified atom stereocenters. The summed E-state index contributed by atoms with van der Waals surface area (Å²) in [7, 11) is -2.51. The maximum Gasteiger partial charge on any atom is 0.337 e. The van der Waals surface area contributed by atoms with E-state index in [9.17, 15) is 18.0 Å². The number of anilines is 2. The molecule has 0 aliphatic heterocycles. The second-order valence-corrected chi connectivity index (χ2v) is 8.50. The quantitative estimate of drug-likeness (QED) is 0.718. The molecular weight excluding hydrogens is 404 g/mol. The Morgan fingerprint density at radius 1 is 1.18 bits per heavy atom. The van der Waals surface area contributed by atoms with Gasteiger partial charge in [-0.05, 0) is 49.7 Å². The molecule has 1 amide bonds. The Bertz CT molecular complexity index is 1010. The van der Waals surface area contributed by atoms with E-state index in [1.807, 2.05) is 0 Å². The van der Waals surface area contributed by atoms with Gasteiger partial charge in [0.1, 0.15) is 6.04 Å². The average molecular weight is 425 g/mol. The van der Waals surface area contributed by atoms with Crippen LogP contribution in [0.4, 0.5) is 11.4 Å². The summed E-state index contributed by atoms with van der Waals surface area (Å²) < 4.78 is 30.4. The van der Waals surface area contributed by atoms with E-state index < -0.39 is 27.9 Å². The van der Waals surface area contributed by atoms with Crippen LogP contribution in [-0.4, -0.2) is 39.7 Å². The molecule has 150 valence electrons. The Hall–Kier alpha value is -2.58. The first-order chi connectivity index (χ1) is 13.0. The molecule has 0 aliphatic carbocycles. The predicted octanol–water partition coefficient (Wildman–Crippen LogP) is 3.23. The van der Waals surface area contributed by atoms with Crippen molar-refractivity contribution in [2.75, 3.05) is 23.0 Å². The number of nitrogens with one attached hydrogen (secondary N) is 1. The molecule has 0 heterocycles. The van der Waals surface area contributed by atoms with Gasteiger partial charge in [-0.3, -0.25) is 9.10 Å². The molecule has 9 heteroatoms. The van der Waals surface area contributed by atoms with Crippen molar-refractivity contribution in [3.8, 4) is 0 Å². The molecule has 0 aromatic heterocycles. The van der Waals surface area contributed by atoms with Crippen LogP contribution in [0.2, 0.25) is 5.02 Å². The van der Waals surface area contributed by atoms with Crippen LogP contribution in [0.25, 0.3) is 0 Å². The van der Waals surface area contributed by atoms with Gasteiger partial charge < -0.3 is 10.1 Å². The van der Waals surface area contributed by atoms with Gasteiger partial charge in [0.2, 0.25) is 15.9 Å². The molecule has 0 aliphatic rings. The highest BCUT2D eigenvalue weighted by molar-refractivity contribution is 7.92. The summed E-state index contributed by atoms with van der Waals surface area (Å²) in [6, 6.07) is 9.87. The second-order valence-electron chi connectivity index (χ2n) is 6.23. The minimum Gasteiger partial charge on any atom is -0.465 e. The van der Waals surface area contributed by atoms with Gasteiger partial charge in [0.05, 0.1) is 24.6 Å². The second kappa shape index (κ2) is 8.62. The molecule has 1 atom stereocenters. The Labute approximate surface area is 169 Å². The molecule has 0 spiro atoms. The third-order valence-corrected chi connectivity index (χ3v) is 5.70. The number of rotatable bonds is 6. The van der Waals surface area contributed by atoms with E-state index in [1.54, 1.807) is 37.3 Å². The Morgan fingerprint density at radius 2 is 1.86 bits per heavy atom. The van der Waals surface area contributed by atoms with Crippen molar-refractivity contribution in [1.29, 1.82) is 0 Å². The normalized spacial score (nSPS) is 12.2. The van der Waals surface area contributed by atoms with Gasteiger partial charge in [0.15, 0.2) is 0 Å². The summed E-state index contributed by atoms with van der Waals surface area (Å²) in [5.74, 6) is -1.11. The van der Waals surface area contributed by atoms with Crippen LogP contribution in [0.1, 0.15) is 22.8 Å². The fourth-order valence-electron chi connectivity index (χ4n) is 2.62. The Balaban J connectivity index is 2.32. The minimum atomic E-state index is -3.77. The first-order valence-electron chi connectivity index (χ1n) is 8.29. The standard InChI is InChI=1S/C19H21ClN2O5S/c1-12-8-9-16(11-17(12)20)22(28(4,25)26)13(2)18(23)21-15-7-5-6-14(10-15)19(24)27-3/h5-11,13H,1-4H3,(H,21,23)/t13-/m0/s1. The maximum absolute atomic E-state index is 12.7. The van der Waals surface area contributed by atoms with Crippen LogP contribution in [0, 0.1) is 6.92 Å². The molecule has 1 N–H and O–H groups in total. The number of sulfonamides is 1. The number of esters is 1. The Kier molecular flexibility index (Phi) is 6.69. The van der Waals surface area contributed by atoms with Crippen molar-refractivity contribution in [3.05, 3.63) is 58.6 Å². The molecule has 2 rings (SSSR count). The molecule has 0 radical (unpaired) electrons. The predicted molar refractivity (Wildman–Crippen MR) is 109 cm³/mol. The van der Waals surface area contributed by atoms with Crippen molar-refractivity contribution in [3.63, 3.8) is 0 Å². The third kappa shape index (κ3) is 5.02. The van der Waals surface area contributed by atoms with Crippen molar-refractivity contribution < 1.29 is 22.7 Å². The number of aryl methyl sites for hydroxylation is 1. The van der Waals surface area contributed by atoms with Crippen molar-refractivity contribution in [2.45, 2.75) is 19.9 Å². The van der Waals surface area contributed by atoms with Crippen molar-refractivity contribution in [1.82, 2.24) is 0 Å². The van der Waals surface area contributed by atoms with Crippen LogP contribution < -0.4 is 9.62 Å². The molecule has 0 saturated heterocycles. The topological polar surface area (TPSA) is 92.8 Å². The zero-order valence-electron chi connectivity index (χ0n) is 15.9. The van der Waals surface area contributed by atoms with E-state index in [0.29, 0.717) is 10.7 Å². The molecule has 28 heavy (non-hydrogen) atoms. The molecule has 2 aromatic rings. The summed E-state index contributed by atoms with van der Waals surface area (Å²) in [6.45, 7) is 3.26. The lowest BCUT2D eigenvalue weighted by molar-refractivity contribution is -0.116. The van der Waals surface area contributed by atoms with E-state index in [0.717, 1.165) is 16.1 Å². The minimum absolute atomic E-state index is 0.262. The highest BCUT2D eigenvalue weighted by Gasteiger charge is 2.29. The average Bonchev–Trinajstić information content (AvgIpc) is 2.63. The number of halogens is 1. The number of amides is 1. The summed E-state index contributed by atoms with van der Waals surface area (Å²) in [6.07, 6.45) is 1.02. The number of nitrogens with zero attached hydrogens (tertiary/aromatic N) is 1. The zero-order valence-corrected chi connectivity index (χ0v) is 17.5. The van der Waals surface area contributed by atoms with Crippen molar-refractivity contribution >= 4 is 44.9 Å². The number of ether oxygens (including phenoxy) is 1. The third-order valence-electron chi connectivity index (χ3n) is 4.05. The fourth-order valence-corrected chi connectivity index (χ4v) is 3.96. The summed E-state index contributed by atoms with van der Waals surface area (Å²) >= 11 is 6.12. The van der Waals surface area contributed by atoms with Gasteiger partial charge in [-0.15, -0.1) is 0 Å². The first kappa shape index (κ1) is 21.7. The molecule has 0 bridgehead atoms. The van der Waals surface area contributed by atoms with Crippen LogP contribution in [0.3, 0.4) is 0 Å². The number of hydrogen-bond acceptors (Lipinski definition) is 5. The highest BCUT2D eigenvalue weighted by atomic mass is 35.5. The summed E-state index contributed by atoms with van der Waals surface area (Å²) in [4.78, 5) is 24.3. The summed E-state index contributed by atoms with van der Waals surface area (Å²) in [5.41, 5.74) is 1.67. The van der Waals surface area contributed by atoms with Gasteiger partial charge in [-0.1, -0.05) is 23.7 Å². The van der Waals surface area contributed by atoms with Gasteiger partial charge >= 0.3 is 5.97 Å². The van der Waals surface area contributed by atoms with E-state index in [2.05, 4.69) is 10.1 Å². The maximum atomic E-state index is 12.7. The van der Waals surface area contributed by atoms with E-state index in [-0.39, 0.29) is 11.3 Å². The number of carbonyl (C=O) groups excluding carboxylic acids is 2. The summed E-state index contributed by atoms with van der Waals surface area (Å²) in [5, 5.41) is 3.02. The molecule has 0 saturated carbocycles. The molecular formula is C19H21ClN2O5S. The number of hydrogen-bond donors (Lipinski definition) is 1. The largest absolute Gasteiger partial charge is 0.465 e. The Morgan fingerprint density at radius 3 is 2.43 bits per heavy atom. The van der Waals surface area contributed by atoms with E-state index >= 15 is 0 Å². The zero-order chi connectivity index (χ0) is 21.1. The van der Waals surface area contributed by atoms with Gasteiger partial charge in [0, 0.05) is 10.7 Å². The van der Waals surface area contributed by atoms with Gasteiger partial charge in [-0.25, -0.2) is 13.2 Å². The molecule has 2 aromatic carbocycles. The van der Waals surface area contributed by atoms with Crippen LogP contribution in [0.15, 0.2) is 42.5 Å². The van der Waals surface area contributed by atoms with Gasteiger partial charge in [-0.2, -0.15) is 0 Å². The van der Waals surface area contributed by atoms with Crippen LogP contribution in [0.5, 0.6) is 0 Å². The number of methoxy groups -OCH3 is 1. The van der Waals surface area contributed by atoms with Gasteiger partial charge in [0.25, 0.3) is 0 Å². The van der Waals surface area contributed by atoms with E-state index in [4.69, 9.17) is 11.6 Å². The lowest BCUT2D eigenvalue weighted by atomic mass is 10.2. The molecule has 0 fully saturated rings. The fraction of sp³-hybridized carbons (Fsp3) is 0.263. The number of benzene rings is 2. The lowest BCUT2D eigenvalue weighted by Crippen LogP contribution is -2.45. The smallest absolute Gasteiger partial charge is 0.337 e. The number of carbonyl (C=O) groups is 2. The monoisotopic (exact) mass is 424 g/mol. The van der Waals surface area contributed by atoms with Crippen LogP contribution in [-0.2, 0) is 19.6 Å².